The molecule has 0 heterocycles. The molecule has 0 aromatic heterocycles. The van der Waals surface area contributed by atoms with Crippen molar-refractivity contribution in [2.24, 2.45) is 0 Å². The van der Waals surface area contributed by atoms with Gasteiger partial charge in [-0.3, -0.25) is 0 Å². The van der Waals surface area contributed by atoms with E-state index in [0.717, 1.165) is 39.1 Å². The first-order valence-electron chi connectivity index (χ1n) is 6.70. The fourth-order valence-corrected chi connectivity index (χ4v) is 2.01. The Labute approximate surface area is 107 Å². The Hall–Kier alpha value is -0.160. The monoisotopic (exact) mass is 245 g/mol. The summed E-state index contributed by atoms with van der Waals surface area (Å²) in [5, 5.41) is 12.9. The molecule has 0 aromatic rings. The van der Waals surface area contributed by atoms with Crippen LogP contribution in [0.25, 0.3) is 0 Å². The topological polar surface area (TPSA) is 38.7 Å². The zero-order valence-electron chi connectivity index (χ0n) is 12.3. The molecule has 0 spiro atoms. The Morgan fingerprint density at radius 1 is 1.12 bits per heavy atom. The molecule has 0 amide bonds. The lowest BCUT2D eigenvalue weighted by molar-refractivity contribution is 0.116. The second kappa shape index (κ2) is 8.86. The van der Waals surface area contributed by atoms with Crippen LogP contribution in [0.5, 0.6) is 0 Å². The smallest absolute Gasteiger partial charge is 0.0623 e. The van der Waals surface area contributed by atoms with Crippen molar-refractivity contribution in [3.05, 3.63) is 0 Å². The third kappa shape index (κ3) is 7.71. The fraction of sp³-hybridized carbons (Fsp3) is 1.00. The lowest BCUT2D eigenvalue weighted by Gasteiger charge is -2.35. The third-order valence-corrected chi connectivity index (χ3v) is 2.93. The van der Waals surface area contributed by atoms with Crippen molar-refractivity contribution in [3.63, 3.8) is 0 Å². The molecular formula is C13H31N3O. The van der Waals surface area contributed by atoms with E-state index in [1.165, 1.54) is 0 Å². The number of likely N-dealkylation sites (N-methyl/N-ethyl adjacent to an activating group) is 2. The van der Waals surface area contributed by atoms with Crippen LogP contribution >= 0.6 is 0 Å². The van der Waals surface area contributed by atoms with E-state index in [-0.39, 0.29) is 12.1 Å². The van der Waals surface area contributed by atoms with Gasteiger partial charge in [-0.25, -0.2) is 0 Å². The molecule has 0 fully saturated rings. The maximum Gasteiger partial charge on any atom is 0.0623 e. The van der Waals surface area contributed by atoms with E-state index in [0.29, 0.717) is 0 Å². The van der Waals surface area contributed by atoms with Crippen LogP contribution < -0.4 is 5.32 Å². The normalized spacial score (nSPS) is 15.5. The molecule has 0 radical (unpaired) electrons. The van der Waals surface area contributed by atoms with Gasteiger partial charge in [0.25, 0.3) is 0 Å². The van der Waals surface area contributed by atoms with Crippen molar-refractivity contribution in [2.45, 2.75) is 32.7 Å². The summed E-state index contributed by atoms with van der Waals surface area (Å²) < 4.78 is 0. The van der Waals surface area contributed by atoms with Crippen molar-refractivity contribution < 1.29 is 5.11 Å². The van der Waals surface area contributed by atoms with Crippen molar-refractivity contribution in [2.75, 3.05) is 53.4 Å². The fourth-order valence-electron chi connectivity index (χ4n) is 2.01. The van der Waals surface area contributed by atoms with Crippen LogP contribution in [0.3, 0.4) is 0 Å². The molecule has 0 saturated heterocycles. The number of aliphatic hydroxyl groups excluding tert-OH is 1. The van der Waals surface area contributed by atoms with Crippen LogP contribution in [0, 0.1) is 0 Å². The van der Waals surface area contributed by atoms with Crippen molar-refractivity contribution in [1.82, 2.24) is 15.1 Å². The van der Waals surface area contributed by atoms with E-state index < -0.39 is 0 Å². The van der Waals surface area contributed by atoms with E-state index in [1.54, 1.807) is 0 Å². The summed E-state index contributed by atoms with van der Waals surface area (Å²) in [6.45, 7) is 11.6. The van der Waals surface area contributed by atoms with Crippen molar-refractivity contribution >= 4 is 0 Å². The van der Waals surface area contributed by atoms with Gasteiger partial charge in [0.05, 0.1) is 12.1 Å². The first-order valence-corrected chi connectivity index (χ1v) is 6.70. The summed E-state index contributed by atoms with van der Waals surface area (Å²) >= 11 is 0. The Morgan fingerprint density at radius 3 is 2.18 bits per heavy atom. The SMILES string of the molecule is CCCN(CCN(C)C)CC(C)(CO)NCC. The highest BCUT2D eigenvalue weighted by Gasteiger charge is 2.24. The molecule has 0 rings (SSSR count). The molecule has 0 aliphatic carbocycles. The van der Waals surface area contributed by atoms with Gasteiger partial charge in [-0.2, -0.15) is 0 Å². The minimum Gasteiger partial charge on any atom is -0.394 e. The summed E-state index contributed by atoms with van der Waals surface area (Å²) in [6, 6.07) is 0. The zero-order chi connectivity index (χ0) is 13.3. The highest BCUT2D eigenvalue weighted by atomic mass is 16.3. The van der Waals surface area contributed by atoms with Crippen LogP contribution in [0.4, 0.5) is 0 Å². The highest BCUT2D eigenvalue weighted by Crippen LogP contribution is 2.06. The van der Waals surface area contributed by atoms with Crippen LogP contribution in [0.15, 0.2) is 0 Å². The van der Waals surface area contributed by atoms with Gasteiger partial charge < -0.3 is 20.2 Å². The average molecular weight is 245 g/mol. The lowest BCUT2D eigenvalue weighted by Crippen LogP contribution is -2.54. The highest BCUT2D eigenvalue weighted by molar-refractivity contribution is 4.85. The largest absolute Gasteiger partial charge is 0.394 e. The van der Waals surface area contributed by atoms with Gasteiger partial charge in [0.1, 0.15) is 0 Å². The second-order valence-corrected chi connectivity index (χ2v) is 5.33. The van der Waals surface area contributed by atoms with E-state index in [1.807, 2.05) is 0 Å². The molecular weight excluding hydrogens is 214 g/mol. The van der Waals surface area contributed by atoms with Gasteiger partial charge in [-0.05, 0) is 40.5 Å². The summed E-state index contributed by atoms with van der Waals surface area (Å²) in [6.07, 6.45) is 1.15. The molecule has 0 bridgehead atoms. The van der Waals surface area contributed by atoms with Crippen LogP contribution in [-0.4, -0.2) is 73.9 Å². The molecule has 17 heavy (non-hydrogen) atoms. The maximum atomic E-state index is 9.51. The number of hydrogen-bond acceptors (Lipinski definition) is 4. The summed E-state index contributed by atoms with van der Waals surface area (Å²) in [5.74, 6) is 0. The Morgan fingerprint density at radius 2 is 1.76 bits per heavy atom. The molecule has 1 atom stereocenters. The molecule has 0 saturated carbocycles. The maximum absolute atomic E-state index is 9.51. The number of nitrogens with one attached hydrogen (secondary N) is 1. The second-order valence-electron chi connectivity index (χ2n) is 5.33. The Kier molecular flexibility index (Phi) is 8.78. The zero-order valence-corrected chi connectivity index (χ0v) is 12.3. The summed E-state index contributed by atoms with van der Waals surface area (Å²) in [4.78, 5) is 4.63. The van der Waals surface area contributed by atoms with Gasteiger partial charge in [0, 0.05) is 19.6 Å². The molecule has 4 heteroatoms. The number of rotatable bonds is 10. The minimum atomic E-state index is -0.184. The van der Waals surface area contributed by atoms with E-state index in [4.69, 9.17) is 0 Å². The quantitative estimate of drug-likeness (QED) is 0.592. The molecule has 0 aliphatic heterocycles. The van der Waals surface area contributed by atoms with E-state index in [2.05, 4.69) is 50.0 Å². The molecule has 1 unspecified atom stereocenters. The van der Waals surface area contributed by atoms with Crippen LogP contribution in [-0.2, 0) is 0 Å². The molecule has 2 N–H and O–H groups in total. The van der Waals surface area contributed by atoms with Gasteiger partial charge >= 0.3 is 0 Å². The molecule has 0 aliphatic rings. The molecule has 4 nitrogen and oxygen atoms in total. The van der Waals surface area contributed by atoms with Gasteiger partial charge in [-0.15, -0.1) is 0 Å². The predicted molar refractivity (Wildman–Crippen MR) is 74.5 cm³/mol. The van der Waals surface area contributed by atoms with E-state index in [9.17, 15) is 5.11 Å². The van der Waals surface area contributed by atoms with Gasteiger partial charge in [0.15, 0.2) is 0 Å². The number of aliphatic hydroxyl groups is 1. The summed E-state index contributed by atoms with van der Waals surface area (Å²) in [5.41, 5.74) is -0.184. The molecule has 0 aromatic carbocycles. The van der Waals surface area contributed by atoms with Crippen LogP contribution in [0.2, 0.25) is 0 Å². The van der Waals surface area contributed by atoms with E-state index >= 15 is 0 Å². The Bertz CT molecular complexity index is 188. The number of hydrogen-bond donors (Lipinski definition) is 2. The first-order chi connectivity index (χ1) is 7.97. The van der Waals surface area contributed by atoms with Crippen LogP contribution in [0.1, 0.15) is 27.2 Å². The predicted octanol–water partition coefficient (Wildman–Crippen LogP) is 0.621. The average Bonchev–Trinajstić information content (AvgIpc) is 2.26. The number of nitrogens with zero attached hydrogens (tertiary/aromatic N) is 2. The summed E-state index contributed by atoms with van der Waals surface area (Å²) in [7, 11) is 4.19. The van der Waals surface area contributed by atoms with Crippen molar-refractivity contribution in [3.8, 4) is 0 Å². The minimum absolute atomic E-state index is 0.184. The van der Waals surface area contributed by atoms with Gasteiger partial charge in [-0.1, -0.05) is 13.8 Å². The van der Waals surface area contributed by atoms with Crippen molar-refractivity contribution in [1.29, 1.82) is 0 Å². The third-order valence-electron chi connectivity index (χ3n) is 2.93. The van der Waals surface area contributed by atoms with Gasteiger partial charge in [0.2, 0.25) is 0 Å². The first kappa shape index (κ1) is 16.8. The standard InChI is InChI=1S/C13H31N3O/c1-6-8-16(10-9-15(4)5)11-13(3,12-17)14-7-2/h14,17H,6-12H2,1-5H3. The molecule has 104 valence electrons. The Balaban J connectivity index is 4.28. The lowest BCUT2D eigenvalue weighted by atomic mass is 10.0.